The molecule has 2 aromatic carbocycles. The molecule has 0 spiro atoms. The van der Waals surface area contributed by atoms with Gasteiger partial charge in [-0.15, -0.1) is 0 Å². The molecule has 1 N–H and O–H groups in total. The summed E-state index contributed by atoms with van der Waals surface area (Å²) in [5, 5.41) is 13.4. The first-order valence-corrected chi connectivity index (χ1v) is 8.10. The lowest BCUT2D eigenvalue weighted by molar-refractivity contribution is -0.133. The number of rotatable bonds is 2. The first kappa shape index (κ1) is 15.1. The standard InChI is InChI=1S/C19H15ClN2O2/c20-15-6-3-5-14(10-15)19(24)8-9-22(18(19)23)17-12-21-11-13-4-1-2-7-16(13)17/h1-7,10-12,24H,8-9H2/t19-/m0/s1. The van der Waals surface area contributed by atoms with Crippen LogP contribution in [0.5, 0.6) is 0 Å². The molecule has 1 fully saturated rings. The number of fused-ring (bicyclic) bond motifs is 1. The van der Waals surface area contributed by atoms with Crippen LogP contribution >= 0.6 is 11.6 Å². The summed E-state index contributed by atoms with van der Waals surface area (Å²) in [5.41, 5.74) is -0.311. The van der Waals surface area contributed by atoms with Gasteiger partial charge in [0, 0.05) is 35.0 Å². The maximum atomic E-state index is 13.0. The van der Waals surface area contributed by atoms with Gasteiger partial charge in [-0.1, -0.05) is 48.0 Å². The summed E-state index contributed by atoms with van der Waals surface area (Å²) in [6, 6.07) is 14.6. The number of aliphatic hydroxyl groups is 1. The lowest BCUT2D eigenvalue weighted by Gasteiger charge is -2.23. The van der Waals surface area contributed by atoms with Crippen molar-refractivity contribution in [3.63, 3.8) is 0 Å². The summed E-state index contributed by atoms with van der Waals surface area (Å²) in [5.74, 6) is -0.345. The second kappa shape index (κ2) is 5.58. The molecule has 1 saturated heterocycles. The number of amides is 1. The molecule has 2 heterocycles. The fraction of sp³-hybridized carbons (Fsp3) is 0.158. The van der Waals surface area contributed by atoms with Crippen LogP contribution in [0.1, 0.15) is 12.0 Å². The molecule has 120 valence electrons. The fourth-order valence-corrected chi connectivity index (χ4v) is 3.45. The Balaban J connectivity index is 1.78. The molecule has 1 aliphatic rings. The van der Waals surface area contributed by atoms with Crippen molar-refractivity contribution in [1.82, 2.24) is 4.98 Å². The molecule has 1 atom stereocenters. The Bertz CT molecular complexity index is 938. The van der Waals surface area contributed by atoms with Gasteiger partial charge >= 0.3 is 0 Å². The van der Waals surface area contributed by atoms with E-state index in [4.69, 9.17) is 11.6 Å². The normalized spacial score (nSPS) is 20.8. The Labute approximate surface area is 144 Å². The monoisotopic (exact) mass is 338 g/mol. The van der Waals surface area contributed by atoms with E-state index in [0.29, 0.717) is 23.6 Å². The molecule has 0 bridgehead atoms. The van der Waals surface area contributed by atoms with E-state index in [1.54, 1.807) is 41.6 Å². The number of carbonyl (C=O) groups is 1. The van der Waals surface area contributed by atoms with E-state index in [1.807, 2.05) is 24.3 Å². The van der Waals surface area contributed by atoms with Gasteiger partial charge in [-0.05, 0) is 17.7 Å². The molecule has 0 aliphatic carbocycles. The SMILES string of the molecule is O=C1N(c2cncc3ccccc23)CC[C@]1(O)c1cccc(Cl)c1. The fourth-order valence-electron chi connectivity index (χ4n) is 3.26. The maximum Gasteiger partial charge on any atom is 0.263 e. The number of hydrogen-bond donors (Lipinski definition) is 1. The van der Waals surface area contributed by atoms with Crippen molar-refractivity contribution in [3.8, 4) is 0 Å². The maximum absolute atomic E-state index is 13.0. The van der Waals surface area contributed by atoms with Gasteiger partial charge in [0.2, 0.25) is 0 Å². The summed E-state index contributed by atoms with van der Waals surface area (Å²) in [6.07, 6.45) is 3.75. The van der Waals surface area contributed by atoms with E-state index in [9.17, 15) is 9.90 Å². The average molecular weight is 339 g/mol. The van der Waals surface area contributed by atoms with Gasteiger partial charge in [0.05, 0.1) is 11.9 Å². The molecule has 4 nitrogen and oxygen atoms in total. The number of benzene rings is 2. The van der Waals surface area contributed by atoms with Crippen LogP contribution in [0.4, 0.5) is 5.69 Å². The first-order chi connectivity index (χ1) is 11.6. The summed E-state index contributed by atoms with van der Waals surface area (Å²) in [6.45, 7) is 0.428. The zero-order valence-electron chi connectivity index (χ0n) is 12.8. The average Bonchev–Trinajstić information content (AvgIpc) is 2.91. The van der Waals surface area contributed by atoms with Gasteiger partial charge < -0.3 is 10.0 Å². The largest absolute Gasteiger partial charge is 0.375 e. The molecule has 24 heavy (non-hydrogen) atoms. The topological polar surface area (TPSA) is 53.4 Å². The lowest BCUT2D eigenvalue weighted by atomic mass is 9.92. The van der Waals surface area contributed by atoms with Gasteiger partial charge in [0.25, 0.3) is 5.91 Å². The van der Waals surface area contributed by atoms with E-state index >= 15 is 0 Å². The Morgan fingerprint density at radius 2 is 1.96 bits per heavy atom. The minimum absolute atomic E-state index is 0.315. The van der Waals surface area contributed by atoms with Crippen molar-refractivity contribution in [2.45, 2.75) is 12.0 Å². The van der Waals surface area contributed by atoms with Crippen molar-refractivity contribution in [3.05, 3.63) is 71.5 Å². The zero-order chi connectivity index (χ0) is 16.7. The Kier molecular flexibility index (Phi) is 3.52. The Hall–Kier alpha value is -2.43. The molecule has 1 aromatic heterocycles. The van der Waals surface area contributed by atoms with E-state index in [0.717, 1.165) is 16.5 Å². The van der Waals surface area contributed by atoms with Crippen LogP contribution in [0, 0.1) is 0 Å². The van der Waals surface area contributed by atoms with Gasteiger partial charge in [-0.3, -0.25) is 9.78 Å². The number of nitrogens with zero attached hydrogens (tertiary/aromatic N) is 2. The predicted octanol–water partition coefficient (Wildman–Crippen LogP) is 3.51. The molecule has 1 amide bonds. The number of hydrogen-bond acceptors (Lipinski definition) is 3. The van der Waals surface area contributed by atoms with Crippen LogP contribution < -0.4 is 4.90 Å². The minimum Gasteiger partial charge on any atom is -0.375 e. The molecule has 4 rings (SSSR count). The molecular formula is C19H15ClN2O2. The quantitative estimate of drug-likeness (QED) is 0.778. The summed E-state index contributed by atoms with van der Waals surface area (Å²) in [4.78, 5) is 18.8. The molecule has 0 saturated carbocycles. The number of pyridine rings is 1. The lowest BCUT2D eigenvalue weighted by Crippen LogP contribution is -2.38. The number of halogens is 1. The molecule has 0 unspecified atom stereocenters. The van der Waals surface area contributed by atoms with Crippen molar-refractivity contribution in [1.29, 1.82) is 0 Å². The molecule has 0 radical (unpaired) electrons. The van der Waals surface area contributed by atoms with Crippen molar-refractivity contribution < 1.29 is 9.90 Å². The number of carbonyl (C=O) groups excluding carboxylic acids is 1. The summed E-state index contributed by atoms with van der Waals surface area (Å²) < 4.78 is 0. The van der Waals surface area contributed by atoms with Crippen molar-refractivity contribution in [2.24, 2.45) is 0 Å². The highest BCUT2D eigenvalue weighted by Crippen LogP contribution is 2.38. The second-order valence-corrected chi connectivity index (χ2v) is 6.39. The third-order valence-electron chi connectivity index (χ3n) is 4.54. The van der Waals surface area contributed by atoms with Crippen LogP contribution in [0.15, 0.2) is 60.9 Å². The van der Waals surface area contributed by atoms with E-state index in [1.165, 1.54) is 0 Å². The van der Waals surface area contributed by atoms with Crippen LogP contribution in [0.2, 0.25) is 5.02 Å². The minimum atomic E-state index is -1.55. The molecule has 3 aromatic rings. The van der Waals surface area contributed by atoms with Crippen molar-refractivity contribution >= 4 is 34.0 Å². The van der Waals surface area contributed by atoms with Crippen LogP contribution in [0.25, 0.3) is 10.8 Å². The van der Waals surface area contributed by atoms with Gasteiger partial charge in [0.1, 0.15) is 0 Å². The van der Waals surface area contributed by atoms with E-state index < -0.39 is 5.60 Å². The highest BCUT2D eigenvalue weighted by atomic mass is 35.5. The van der Waals surface area contributed by atoms with Gasteiger partial charge in [0.15, 0.2) is 5.60 Å². The highest BCUT2D eigenvalue weighted by molar-refractivity contribution is 6.30. The molecule has 1 aliphatic heterocycles. The third kappa shape index (κ3) is 2.27. The highest BCUT2D eigenvalue weighted by Gasteiger charge is 2.47. The Morgan fingerprint density at radius 1 is 1.12 bits per heavy atom. The molecular weight excluding hydrogens is 324 g/mol. The predicted molar refractivity (Wildman–Crippen MR) is 94.1 cm³/mol. The second-order valence-electron chi connectivity index (χ2n) is 5.96. The zero-order valence-corrected chi connectivity index (χ0v) is 13.6. The summed E-state index contributed by atoms with van der Waals surface area (Å²) in [7, 11) is 0. The van der Waals surface area contributed by atoms with Gasteiger partial charge in [-0.2, -0.15) is 0 Å². The molecule has 5 heteroatoms. The van der Waals surface area contributed by atoms with Gasteiger partial charge in [-0.25, -0.2) is 0 Å². The van der Waals surface area contributed by atoms with Crippen molar-refractivity contribution in [2.75, 3.05) is 11.4 Å². The van der Waals surface area contributed by atoms with E-state index in [2.05, 4.69) is 4.98 Å². The smallest absolute Gasteiger partial charge is 0.263 e. The Morgan fingerprint density at radius 3 is 2.79 bits per heavy atom. The number of aromatic nitrogens is 1. The first-order valence-electron chi connectivity index (χ1n) is 7.73. The third-order valence-corrected chi connectivity index (χ3v) is 4.77. The van der Waals surface area contributed by atoms with Crippen LogP contribution in [0.3, 0.4) is 0 Å². The number of anilines is 1. The van der Waals surface area contributed by atoms with E-state index in [-0.39, 0.29) is 5.91 Å². The van der Waals surface area contributed by atoms with Crippen LogP contribution in [-0.2, 0) is 10.4 Å². The summed E-state index contributed by atoms with van der Waals surface area (Å²) >= 11 is 6.02. The van der Waals surface area contributed by atoms with Crippen LogP contribution in [-0.4, -0.2) is 22.5 Å².